The van der Waals surface area contributed by atoms with E-state index in [-0.39, 0.29) is 27.8 Å². The SMILES string of the molecule is COc1ccc(C(=O)Nc2ccc(Cl)cc2Cl)cc1S(=O)(=O)NCCc1ccccc1. The van der Waals surface area contributed by atoms with Gasteiger partial charge in [-0.15, -0.1) is 0 Å². The van der Waals surface area contributed by atoms with Gasteiger partial charge in [0.15, 0.2) is 0 Å². The van der Waals surface area contributed by atoms with Crippen LogP contribution in [-0.4, -0.2) is 28.0 Å². The number of anilines is 1. The lowest BCUT2D eigenvalue weighted by Gasteiger charge is -2.13. The Hall–Kier alpha value is -2.58. The van der Waals surface area contributed by atoms with Crippen LogP contribution < -0.4 is 14.8 Å². The van der Waals surface area contributed by atoms with E-state index in [2.05, 4.69) is 10.0 Å². The molecule has 3 aromatic rings. The van der Waals surface area contributed by atoms with Crippen LogP contribution in [-0.2, 0) is 16.4 Å². The highest BCUT2D eigenvalue weighted by Crippen LogP contribution is 2.28. The lowest BCUT2D eigenvalue weighted by Crippen LogP contribution is -2.27. The topological polar surface area (TPSA) is 84.5 Å². The molecule has 0 heterocycles. The van der Waals surface area contributed by atoms with Crippen molar-refractivity contribution in [2.75, 3.05) is 19.0 Å². The van der Waals surface area contributed by atoms with E-state index in [1.54, 1.807) is 12.1 Å². The minimum absolute atomic E-state index is 0.127. The van der Waals surface area contributed by atoms with Crippen molar-refractivity contribution in [1.29, 1.82) is 0 Å². The van der Waals surface area contributed by atoms with Crippen LogP contribution in [0.2, 0.25) is 10.0 Å². The van der Waals surface area contributed by atoms with Crippen LogP contribution in [0.3, 0.4) is 0 Å². The number of carbonyl (C=O) groups is 1. The zero-order chi connectivity index (χ0) is 22.4. The number of carbonyl (C=O) groups excluding carboxylic acids is 1. The van der Waals surface area contributed by atoms with Crippen LogP contribution in [0, 0.1) is 0 Å². The molecule has 162 valence electrons. The predicted octanol–water partition coefficient (Wildman–Crippen LogP) is 4.78. The van der Waals surface area contributed by atoms with Gasteiger partial charge in [-0.3, -0.25) is 4.79 Å². The molecule has 1 amide bonds. The number of rotatable bonds is 8. The Kier molecular flexibility index (Phi) is 7.56. The highest BCUT2D eigenvalue weighted by Gasteiger charge is 2.22. The van der Waals surface area contributed by atoms with Crippen LogP contribution in [0.1, 0.15) is 15.9 Å². The number of halogens is 2. The first kappa shape index (κ1) is 23.1. The Labute approximate surface area is 191 Å². The van der Waals surface area contributed by atoms with Crippen LogP contribution >= 0.6 is 23.2 Å². The van der Waals surface area contributed by atoms with E-state index >= 15 is 0 Å². The number of methoxy groups -OCH3 is 1. The van der Waals surface area contributed by atoms with Gasteiger partial charge in [-0.05, 0) is 48.4 Å². The summed E-state index contributed by atoms with van der Waals surface area (Å²) in [5.74, 6) is -0.388. The van der Waals surface area contributed by atoms with E-state index in [9.17, 15) is 13.2 Å². The van der Waals surface area contributed by atoms with E-state index in [4.69, 9.17) is 27.9 Å². The van der Waals surface area contributed by atoms with Gasteiger partial charge in [0.05, 0.1) is 17.8 Å². The average molecular weight is 479 g/mol. The zero-order valence-corrected chi connectivity index (χ0v) is 18.9. The molecule has 0 spiro atoms. The largest absolute Gasteiger partial charge is 0.495 e. The fourth-order valence-corrected chi connectivity index (χ4v) is 4.55. The molecule has 0 aromatic heterocycles. The lowest BCUT2D eigenvalue weighted by molar-refractivity contribution is 0.102. The van der Waals surface area contributed by atoms with E-state index in [1.165, 1.54) is 31.4 Å². The molecule has 0 aliphatic heterocycles. The maximum absolute atomic E-state index is 12.9. The van der Waals surface area contributed by atoms with Gasteiger partial charge in [-0.25, -0.2) is 13.1 Å². The van der Waals surface area contributed by atoms with Crippen molar-refractivity contribution < 1.29 is 17.9 Å². The Bertz CT molecular complexity index is 1190. The Balaban J connectivity index is 1.79. The van der Waals surface area contributed by atoms with Crippen molar-refractivity contribution in [2.45, 2.75) is 11.3 Å². The molecule has 0 saturated heterocycles. The normalized spacial score (nSPS) is 11.2. The minimum atomic E-state index is -3.91. The Morgan fingerprint density at radius 2 is 1.74 bits per heavy atom. The van der Waals surface area contributed by atoms with Gasteiger partial charge in [0, 0.05) is 17.1 Å². The number of sulfonamides is 1. The first-order chi connectivity index (χ1) is 14.8. The summed E-state index contributed by atoms with van der Waals surface area (Å²) < 4.78 is 33.5. The third-order valence-electron chi connectivity index (χ3n) is 4.44. The second kappa shape index (κ2) is 10.2. The molecule has 0 fully saturated rings. The maximum Gasteiger partial charge on any atom is 0.255 e. The van der Waals surface area contributed by atoms with Crippen molar-refractivity contribution in [3.63, 3.8) is 0 Å². The lowest BCUT2D eigenvalue weighted by atomic mass is 10.2. The Morgan fingerprint density at radius 3 is 2.42 bits per heavy atom. The number of nitrogens with one attached hydrogen (secondary N) is 2. The molecule has 3 rings (SSSR count). The molecule has 6 nitrogen and oxygen atoms in total. The summed E-state index contributed by atoms with van der Waals surface area (Å²) in [5.41, 5.74) is 1.50. The van der Waals surface area contributed by atoms with Gasteiger partial charge in [0.25, 0.3) is 5.91 Å². The number of amides is 1. The molecule has 0 saturated carbocycles. The molecule has 0 aliphatic rings. The van der Waals surface area contributed by atoms with Crippen molar-refractivity contribution >= 4 is 44.8 Å². The highest BCUT2D eigenvalue weighted by molar-refractivity contribution is 7.89. The quantitative estimate of drug-likeness (QED) is 0.487. The number of benzene rings is 3. The van der Waals surface area contributed by atoms with Gasteiger partial charge in [0.1, 0.15) is 10.6 Å². The number of hydrogen-bond acceptors (Lipinski definition) is 4. The third kappa shape index (κ3) is 5.98. The van der Waals surface area contributed by atoms with E-state index in [0.29, 0.717) is 17.1 Å². The van der Waals surface area contributed by atoms with Crippen LogP contribution in [0.15, 0.2) is 71.6 Å². The minimum Gasteiger partial charge on any atom is -0.495 e. The average Bonchev–Trinajstić information content (AvgIpc) is 2.75. The summed E-state index contributed by atoms with van der Waals surface area (Å²) in [6.45, 7) is 0.201. The van der Waals surface area contributed by atoms with Crippen LogP contribution in [0.4, 0.5) is 5.69 Å². The summed E-state index contributed by atoms with van der Waals surface area (Å²) in [4.78, 5) is 12.5. The van der Waals surface area contributed by atoms with E-state index < -0.39 is 15.9 Å². The molecule has 0 atom stereocenters. The smallest absolute Gasteiger partial charge is 0.255 e. The number of ether oxygens (including phenoxy) is 1. The molecular formula is C22H20Cl2N2O4S. The van der Waals surface area contributed by atoms with Crippen molar-refractivity contribution in [2.24, 2.45) is 0 Å². The summed E-state index contributed by atoms with van der Waals surface area (Å²) in [6, 6.07) is 18.3. The molecule has 0 bridgehead atoms. The first-order valence-electron chi connectivity index (χ1n) is 9.28. The molecule has 0 aliphatic carbocycles. The number of hydrogen-bond donors (Lipinski definition) is 2. The van der Waals surface area contributed by atoms with E-state index in [1.807, 2.05) is 30.3 Å². The van der Waals surface area contributed by atoms with E-state index in [0.717, 1.165) is 5.56 Å². The molecule has 31 heavy (non-hydrogen) atoms. The second-order valence-electron chi connectivity index (χ2n) is 6.58. The van der Waals surface area contributed by atoms with Gasteiger partial charge >= 0.3 is 0 Å². The van der Waals surface area contributed by atoms with Crippen LogP contribution in [0.5, 0.6) is 5.75 Å². The summed E-state index contributed by atoms with van der Waals surface area (Å²) in [6.07, 6.45) is 0.525. The maximum atomic E-state index is 12.9. The molecule has 9 heteroatoms. The van der Waals surface area contributed by atoms with Crippen molar-refractivity contribution in [3.8, 4) is 5.75 Å². The Morgan fingerprint density at radius 1 is 1.00 bits per heavy atom. The predicted molar refractivity (Wildman–Crippen MR) is 123 cm³/mol. The fourth-order valence-electron chi connectivity index (χ4n) is 2.87. The van der Waals surface area contributed by atoms with Gasteiger partial charge in [-0.2, -0.15) is 0 Å². The first-order valence-corrected chi connectivity index (χ1v) is 11.5. The standard InChI is InChI=1S/C22H20Cl2N2O4S/c1-30-20-10-7-16(22(27)26-19-9-8-17(23)14-18(19)24)13-21(20)31(28,29)25-12-11-15-5-3-2-4-6-15/h2-10,13-14,25H,11-12H2,1H3,(H,26,27). The fraction of sp³-hybridized carbons (Fsp3) is 0.136. The zero-order valence-electron chi connectivity index (χ0n) is 16.6. The molecule has 0 unspecified atom stereocenters. The van der Waals surface area contributed by atoms with Gasteiger partial charge in [-0.1, -0.05) is 53.5 Å². The highest BCUT2D eigenvalue weighted by atomic mass is 35.5. The molecular weight excluding hydrogens is 459 g/mol. The second-order valence-corrected chi connectivity index (χ2v) is 9.16. The summed E-state index contributed by atoms with van der Waals surface area (Å²) in [7, 11) is -2.55. The van der Waals surface area contributed by atoms with Crippen LogP contribution in [0.25, 0.3) is 0 Å². The van der Waals surface area contributed by atoms with Gasteiger partial charge in [0.2, 0.25) is 10.0 Å². The molecule has 3 aromatic carbocycles. The van der Waals surface area contributed by atoms with Gasteiger partial charge < -0.3 is 10.1 Å². The van der Waals surface area contributed by atoms with Crippen molar-refractivity contribution in [3.05, 3.63) is 87.9 Å². The molecule has 2 N–H and O–H groups in total. The summed E-state index contributed by atoms with van der Waals surface area (Å²) in [5, 5.41) is 3.35. The molecule has 0 radical (unpaired) electrons. The summed E-state index contributed by atoms with van der Waals surface area (Å²) >= 11 is 12.0. The third-order valence-corrected chi connectivity index (χ3v) is 6.47. The monoisotopic (exact) mass is 478 g/mol. The van der Waals surface area contributed by atoms with Crippen molar-refractivity contribution in [1.82, 2.24) is 4.72 Å².